The highest BCUT2D eigenvalue weighted by Gasteiger charge is 2.64. The Morgan fingerprint density at radius 1 is 1.21 bits per heavy atom. The van der Waals surface area contributed by atoms with Crippen LogP contribution < -0.4 is 9.64 Å². The number of hydrogen-bond acceptors (Lipinski definition) is 11. The second kappa shape index (κ2) is 17.6. The molecule has 1 aromatic carbocycles. The Hall–Kier alpha value is -3.10. The van der Waals surface area contributed by atoms with Crippen LogP contribution in [0.15, 0.2) is 35.9 Å². The zero-order valence-electron chi connectivity index (χ0n) is 32.5. The molecule has 0 saturated carbocycles. The molecular formula is C39H55ClN2O10S. The van der Waals surface area contributed by atoms with E-state index in [9.17, 15) is 24.3 Å². The Balaban J connectivity index is 1.73. The molecule has 3 aliphatic rings. The van der Waals surface area contributed by atoms with Gasteiger partial charge in [0.25, 0.3) is 0 Å². The molecule has 2 fully saturated rings. The zero-order valence-corrected chi connectivity index (χ0v) is 34.0. The molecule has 3 heterocycles. The summed E-state index contributed by atoms with van der Waals surface area (Å²) in [6.07, 6.45) is 2.32. The molecule has 4 rings (SSSR count). The smallest absolute Gasteiger partial charge is 0.328 e. The van der Waals surface area contributed by atoms with E-state index in [0.717, 1.165) is 11.1 Å². The Morgan fingerprint density at radius 3 is 2.55 bits per heavy atom. The quantitative estimate of drug-likeness (QED) is 0.258. The molecule has 8 atom stereocenters. The number of carbonyl (C=O) groups excluding carboxylic acids is 4. The first-order valence-corrected chi connectivity index (χ1v) is 19.4. The number of epoxide rings is 1. The second-order valence-electron chi connectivity index (χ2n) is 14.9. The van der Waals surface area contributed by atoms with Crippen LogP contribution in [0, 0.1) is 5.92 Å². The number of hydrogen-bond donors (Lipinski definition) is 1. The topological polar surface area (TPSA) is 144 Å². The van der Waals surface area contributed by atoms with E-state index in [1.54, 1.807) is 57.9 Å². The van der Waals surface area contributed by atoms with Gasteiger partial charge in [-0.15, -0.1) is 0 Å². The molecule has 294 valence electrons. The summed E-state index contributed by atoms with van der Waals surface area (Å²) in [7, 11) is 6.12. The minimum absolute atomic E-state index is 0.0661. The third-order valence-corrected chi connectivity index (χ3v) is 12.0. The van der Waals surface area contributed by atoms with Gasteiger partial charge in [-0.2, -0.15) is 11.8 Å². The SMILES string of the molecule is COc1cc2cc(c1Cl)N(C)C(=O)C[C@H](OC(=O)[C@H](C)N(C)C(=O)CCSC(C)C)[C@]1(C)O[C@H]1[C@H](C)[C@@H]1C[C@@](O)(CC(=O)O1)[C@H](OC)/C=C/C=C(\C)C2. The number of esters is 2. The van der Waals surface area contributed by atoms with Crippen molar-refractivity contribution in [3.63, 3.8) is 0 Å². The van der Waals surface area contributed by atoms with Gasteiger partial charge in [0.15, 0.2) is 0 Å². The van der Waals surface area contributed by atoms with E-state index in [4.69, 9.17) is 35.3 Å². The molecule has 0 spiro atoms. The van der Waals surface area contributed by atoms with Crippen LogP contribution in [0.5, 0.6) is 5.75 Å². The van der Waals surface area contributed by atoms with E-state index in [1.807, 2.05) is 26.0 Å². The van der Waals surface area contributed by atoms with Crippen molar-refractivity contribution in [3.8, 4) is 5.75 Å². The molecule has 1 N–H and O–H groups in total. The number of methoxy groups -OCH3 is 2. The van der Waals surface area contributed by atoms with E-state index in [1.165, 1.54) is 24.0 Å². The van der Waals surface area contributed by atoms with Crippen LogP contribution in [-0.2, 0) is 44.5 Å². The lowest BCUT2D eigenvalue weighted by Gasteiger charge is -2.41. The molecule has 53 heavy (non-hydrogen) atoms. The van der Waals surface area contributed by atoms with Crippen molar-refractivity contribution in [2.45, 2.75) is 121 Å². The number of halogens is 1. The van der Waals surface area contributed by atoms with Crippen LogP contribution in [0.3, 0.4) is 0 Å². The summed E-state index contributed by atoms with van der Waals surface area (Å²) in [6.45, 7) is 11.2. The molecule has 0 unspecified atom stereocenters. The van der Waals surface area contributed by atoms with Gasteiger partial charge in [-0.25, -0.2) is 4.79 Å². The Bertz CT molecular complexity index is 1600. The average Bonchev–Trinajstić information content (AvgIpc) is 3.79. The predicted octanol–water partition coefficient (Wildman–Crippen LogP) is 5.30. The molecule has 2 amide bonds. The fourth-order valence-corrected chi connectivity index (χ4v) is 8.11. The van der Waals surface area contributed by atoms with Gasteiger partial charge in [-0.1, -0.05) is 56.2 Å². The lowest BCUT2D eigenvalue weighted by Crippen LogP contribution is -2.53. The normalized spacial score (nSPS) is 31.5. The van der Waals surface area contributed by atoms with Crippen LogP contribution in [-0.4, -0.2) is 115 Å². The molecule has 1 aromatic rings. The number of allylic oxidation sites excluding steroid dienone is 3. The van der Waals surface area contributed by atoms with Crippen LogP contribution in [0.2, 0.25) is 5.02 Å². The minimum Gasteiger partial charge on any atom is -0.495 e. The average molecular weight is 779 g/mol. The first kappa shape index (κ1) is 42.6. The van der Waals surface area contributed by atoms with E-state index < -0.39 is 65.4 Å². The van der Waals surface area contributed by atoms with Crippen molar-refractivity contribution in [3.05, 3.63) is 46.5 Å². The first-order chi connectivity index (χ1) is 24.8. The summed E-state index contributed by atoms with van der Waals surface area (Å²) >= 11 is 8.42. The fourth-order valence-electron chi connectivity index (χ4n) is 7.03. The maximum absolute atomic E-state index is 14.1. The molecule has 12 nitrogen and oxygen atoms in total. The number of rotatable bonds is 9. The Labute approximate surface area is 322 Å². The van der Waals surface area contributed by atoms with E-state index in [-0.39, 0.29) is 36.6 Å². The van der Waals surface area contributed by atoms with E-state index in [0.29, 0.717) is 28.9 Å². The number of nitrogens with zero attached hydrogens (tertiary/aromatic N) is 2. The third kappa shape index (κ3) is 9.96. The van der Waals surface area contributed by atoms with Gasteiger partial charge in [-0.3, -0.25) is 14.4 Å². The number of fused-ring (bicyclic) bond motifs is 5. The lowest BCUT2D eigenvalue weighted by molar-refractivity contribution is -0.187. The molecule has 4 bridgehead atoms. The van der Waals surface area contributed by atoms with Crippen molar-refractivity contribution in [1.82, 2.24) is 4.90 Å². The maximum atomic E-state index is 14.1. The van der Waals surface area contributed by atoms with Crippen molar-refractivity contribution in [1.29, 1.82) is 0 Å². The van der Waals surface area contributed by atoms with Crippen LogP contribution in [0.25, 0.3) is 0 Å². The van der Waals surface area contributed by atoms with Gasteiger partial charge in [0, 0.05) is 45.7 Å². The summed E-state index contributed by atoms with van der Waals surface area (Å²) in [4.78, 5) is 56.6. The van der Waals surface area contributed by atoms with Gasteiger partial charge < -0.3 is 38.6 Å². The zero-order chi connectivity index (χ0) is 39.4. The summed E-state index contributed by atoms with van der Waals surface area (Å²) < 4.78 is 29.5. The summed E-state index contributed by atoms with van der Waals surface area (Å²) in [5, 5.41) is 12.4. The predicted molar refractivity (Wildman–Crippen MR) is 204 cm³/mol. The van der Waals surface area contributed by atoms with Crippen LogP contribution in [0.4, 0.5) is 5.69 Å². The highest BCUT2D eigenvalue weighted by Crippen LogP contribution is 2.50. The van der Waals surface area contributed by atoms with Gasteiger partial charge in [0.2, 0.25) is 11.8 Å². The molecule has 0 radical (unpaired) electrons. The third-order valence-electron chi connectivity index (χ3n) is 10.5. The highest BCUT2D eigenvalue weighted by molar-refractivity contribution is 7.99. The van der Waals surface area contributed by atoms with E-state index >= 15 is 0 Å². The van der Waals surface area contributed by atoms with Gasteiger partial charge in [0.05, 0.1) is 31.7 Å². The van der Waals surface area contributed by atoms with Crippen molar-refractivity contribution in [2.75, 3.05) is 39.0 Å². The number of aliphatic hydroxyl groups is 1. The Morgan fingerprint density at radius 2 is 1.91 bits per heavy atom. The van der Waals surface area contributed by atoms with Crippen molar-refractivity contribution >= 4 is 52.8 Å². The molecule has 14 heteroatoms. The number of benzene rings is 1. The maximum Gasteiger partial charge on any atom is 0.328 e. The molecule has 0 aromatic heterocycles. The molecule has 3 aliphatic heterocycles. The number of amides is 2. The number of anilines is 1. The summed E-state index contributed by atoms with van der Waals surface area (Å²) in [6, 6.07) is 2.67. The Kier molecular flexibility index (Phi) is 14.1. The van der Waals surface area contributed by atoms with Gasteiger partial charge in [-0.05, 0) is 50.1 Å². The first-order valence-electron chi connectivity index (χ1n) is 18.0. The van der Waals surface area contributed by atoms with E-state index in [2.05, 4.69) is 13.8 Å². The van der Waals surface area contributed by atoms with Gasteiger partial charge in [0.1, 0.15) is 46.3 Å². The minimum atomic E-state index is -1.57. The van der Waals surface area contributed by atoms with Gasteiger partial charge >= 0.3 is 11.9 Å². The molecule has 2 saturated heterocycles. The molecular weight excluding hydrogens is 724 g/mol. The number of likely N-dealkylation sites (N-methyl/N-ethyl adjacent to an activating group) is 1. The monoisotopic (exact) mass is 778 g/mol. The highest BCUT2D eigenvalue weighted by atomic mass is 35.5. The van der Waals surface area contributed by atoms with Crippen LogP contribution >= 0.6 is 23.4 Å². The summed E-state index contributed by atoms with van der Waals surface area (Å²) in [5.41, 5.74) is -0.572. The fraction of sp³-hybridized carbons (Fsp3) is 0.641. The number of carbonyl (C=O) groups is 4. The number of ether oxygens (including phenoxy) is 5. The molecule has 0 aliphatic carbocycles. The van der Waals surface area contributed by atoms with Crippen molar-refractivity contribution < 1.29 is 48.0 Å². The standard InChI is InChI=1S/C39H55ClN2O10S/c1-22(2)53-15-14-32(43)41(7)25(5)37(46)51-31-19-33(44)42(8)27-17-26(18-28(48-9)35(27)40)16-23(3)12-11-13-30(49-10)39(47)20-29(50-34(45)21-39)24(4)36-38(31,6)52-36/h11-13,17-18,22,24-25,29-31,36,47H,14-16,19-21H2,1-10H3/b13-11+,23-12+/t24-,25+,29+,30-,31+,36+,38+,39-/m1/s1. The number of thioether (sulfide) groups is 1. The largest absolute Gasteiger partial charge is 0.495 e. The second-order valence-corrected chi connectivity index (χ2v) is 17.0. The summed E-state index contributed by atoms with van der Waals surface area (Å²) in [5.74, 6) is -1.38. The lowest BCUT2D eigenvalue weighted by atomic mass is 9.78. The van der Waals surface area contributed by atoms with Crippen LogP contribution in [0.1, 0.15) is 72.8 Å². The van der Waals surface area contributed by atoms with Crippen molar-refractivity contribution in [2.24, 2.45) is 5.92 Å².